The van der Waals surface area contributed by atoms with Crippen LogP contribution in [0.5, 0.6) is 0 Å². The summed E-state index contributed by atoms with van der Waals surface area (Å²) < 4.78 is 0. The van der Waals surface area contributed by atoms with E-state index in [1.54, 1.807) is 30.3 Å². The molecule has 4 nitrogen and oxygen atoms in total. The predicted molar refractivity (Wildman–Crippen MR) is 71.3 cm³/mol. The number of ketones is 1. The number of hydrogen-bond acceptors (Lipinski definition) is 3. The zero-order valence-corrected chi connectivity index (χ0v) is 10.9. The highest BCUT2D eigenvalue weighted by molar-refractivity contribution is 6.29. The Hall–Kier alpha value is -1.94. The second kappa shape index (κ2) is 5.80. The maximum atomic E-state index is 12.0. The molecule has 0 atom stereocenters. The minimum Gasteiger partial charge on any atom is -0.294 e. The van der Waals surface area contributed by atoms with Crippen molar-refractivity contribution in [1.82, 2.24) is 4.90 Å². The van der Waals surface area contributed by atoms with Crippen LogP contribution in [-0.2, 0) is 4.79 Å². The molecule has 0 aliphatic carbocycles. The number of hydrogen-bond donors (Lipinski definition) is 0. The van der Waals surface area contributed by atoms with E-state index in [0.29, 0.717) is 17.5 Å². The normalized spacial score (nSPS) is 14.3. The van der Waals surface area contributed by atoms with Gasteiger partial charge in [0.1, 0.15) is 0 Å². The highest BCUT2D eigenvalue weighted by atomic mass is 35.5. The number of amides is 2. The average Bonchev–Trinajstić information content (AvgIpc) is 2.68. The Balaban J connectivity index is 2.01. The van der Waals surface area contributed by atoms with Crippen LogP contribution >= 0.6 is 11.6 Å². The van der Waals surface area contributed by atoms with Crippen LogP contribution < -0.4 is 0 Å². The number of nitrogens with zero attached hydrogens (tertiary/aromatic N) is 1. The van der Waals surface area contributed by atoms with E-state index in [1.165, 1.54) is 11.0 Å². The van der Waals surface area contributed by atoms with Gasteiger partial charge >= 0.3 is 0 Å². The first-order valence-corrected chi connectivity index (χ1v) is 6.39. The van der Waals surface area contributed by atoms with E-state index in [-0.39, 0.29) is 30.0 Å². The molecular weight excluding hydrogens is 266 g/mol. The SMILES string of the molecule is O=C(C=CCCN1C(=O)c2ccccc2C1=O)CCl. The summed E-state index contributed by atoms with van der Waals surface area (Å²) >= 11 is 5.35. The molecule has 1 aromatic rings. The lowest BCUT2D eigenvalue weighted by molar-refractivity contribution is -0.112. The lowest BCUT2D eigenvalue weighted by Crippen LogP contribution is -2.30. The third-order valence-corrected chi connectivity index (χ3v) is 3.10. The van der Waals surface area contributed by atoms with Crippen LogP contribution in [0.4, 0.5) is 0 Å². The van der Waals surface area contributed by atoms with Crippen LogP contribution in [0, 0.1) is 0 Å². The summed E-state index contributed by atoms with van der Waals surface area (Å²) in [5.41, 5.74) is 0.877. The first-order chi connectivity index (χ1) is 9.15. The molecule has 0 spiro atoms. The summed E-state index contributed by atoms with van der Waals surface area (Å²) in [5.74, 6) is -0.817. The van der Waals surface area contributed by atoms with Gasteiger partial charge in [0.05, 0.1) is 17.0 Å². The zero-order valence-electron chi connectivity index (χ0n) is 10.1. The number of rotatable bonds is 5. The van der Waals surface area contributed by atoms with Crippen LogP contribution in [0.25, 0.3) is 0 Å². The first-order valence-electron chi connectivity index (χ1n) is 5.85. The number of carbonyl (C=O) groups is 3. The van der Waals surface area contributed by atoms with E-state index < -0.39 is 0 Å². The van der Waals surface area contributed by atoms with E-state index in [9.17, 15) is 14.4 Å². The van der Waals surface area contributed by atoms with Crippen LogP contribution in [0.15, 0.2) is 36.4 Å². The molecule has 0 N–H and O–H groups in total. The molecule has 0 saturated carbocycles. The van der Waals surface area contributed by atoms with Gasteiger partial charge in [-0.15, -0.1) is 11.6 Å². The fraction of sp³-hybridized carbons (Fsp3) is 0.214. The molecule has 0 aromatic heterocycles. The first kappa shape index (κ1) is 13.5. The molecular formula is C14H12ClNO3. The summed E-state index contributed by atoms with van der Waals surface area (Å²) in [7, 11) is 0. The Bertz CT molecular complexity index is 531. The quantitative estimate of drug-likeness (QED) is 0.470. The van der Waals surface area contributed by atoms with Gasteiger partial charge in [-0.2, -0.15) is 0 Å². The molecule has 1 heterocycles. The molecule has 19 heavy (non-hydrogen) atoms. The molecule has 98 valence electrons. The monoisotopic (exact) mass is 277 g/mol. The molecule has 0 bridgehead atoms. The van der Waals surface area contributed by atoms with E-state index in [0.717, 1.165) is 0 Å². The third-order valence-electron chi connectivity index (χ3n) is 2.83. The van der Waals surface area contributed by atoms with E-state index in [1.807, 2.05) is 0 Å². The number of benzene rings is 1. The molecule has 1 aliphatic heterocycles. The number of halogens is 1. The van der Waals surface area contributed by atoms with Gasteiger partial charge in [0, 0.05) is 6.54 Å². The summed E-state index contributed by atoms with van der Waals surface area (Å²) in [6.45, 7) is 0.262. The van der Waals surface area contributed by atoms with Crippen molar-refractivity contribution in [3.05, 3.63) is 47.5 Å². The van der Waals surface area contributed by atoms with Crippen molar-refractivity contribution in [2.24, 2.45) is 0 Å². The summed E-state index contributed by atoms with van der Waals surface area (Å²) in [5, 5.41) is 0. The lowest BCUT2D eigenvalue weighted by atomic mass is 10.1. The van der Waals surface area contributed by atoms with Crippen molar-refractivity contribution in [2.45, 2.75) is 6.42 Å². The van der Waals surface area contributed by atoms with Gasteiger partial charge in [-0.05, 0) is 24.6 Å². The molecule has 1 aliphatic rings. The van der Waals surface area contributed by atoms with Crippen molar-refractivity contribution >= 4 is 29.2 Å². The van der Waals surface area contributed by atoms with Crippen molar-refractivity contribution in [1.29, 1.82) is 0 Å². The van der Waals surface area contributed by atoms with Crippen LogP contribution in [0.3, 0.4) is 0 Å². The van der Waals surface area contributed by atoms with Gasteiger partial charge < -0.3 is 0 Å². The second-order valence-electron chi connectivity index (χ2n) is 4.10. The maximum absolute atomic E-state index is 12.0. The van der Waals surface area contributed by atoms with Gasteiger partial charge in [0.15, 0.2) is 5.78 Å². The van der Waals surface area contributed by atoms with Gasteiger partial charge in [-0.25, -0.2) is 0 Å². The van der Waals surface area contributed by atoms with Crippen molar-refractivity contribution < 1.29 is 14.4 Å². The van der Waals surface area contributed by atoms with Crippen molar-refractivity contribution in [3.8, 4) is 0 Å². The third kappa shape index (κ3) is 2.74. The number of allylic oxidation sites excluding steroid dienone is 1. The topological polar surface area (TPSA) is 54.5 Å². The van der Waals surface area contributed by atoms with Crippen molar-refractivity contribution in [2.75, 3.05) is 12.4 Å². The van der Waals surface area contributed by atoms with Crippen molar-refractivity contribution in [3.63, 3.8) is 0 Å². The van der Waals surface area contributed by atoms with Gasteiger partial charge in [-0.1, -0.05) is 18.2 Å². The minimum absolute atomic E-state index is 0.0660. The molecule has 0 fully saturated rings. The molecule has 5 heteroatoms. The highest BCUT2D eigenvalue weighted by Crippen LogP contribution is 2.22. The smallest absolute Gasteiger partial charge is 0.261 e. The summed E-state index contributed by atoms with van der Waals surface area (Å²) in [6, 6.07) is 6.74. The Morgan fingerprint density at radius 2 is 1.74 bits per heavy atom. The molecule has 0 radical (unpaired) electrons. The van der Waals surface area contributed by atoms with E-state index in [2.05, 4.69) is 0 Å². The Morgan fingerprint density at radius 1 is 1.16 bits per heavy atom. The van der Waals surface area contributed by atoms with Crippen LogP contribution in [0.1, 0.15) is 27.1 Å². The van der Waals surface area contributed by atoms with Gasteiger partial charge in [-0.3, -0.25) is 19.3 Å². The molecule has 2 amide bonds. The standard InChI is InChI=1S/C14H12ClNO3/c15-9-10(17)5-3-4-8-16-13(18)11-6-1-2-7-12(11)14(16)19/h1-3,5-7H,4,8-9H2. The summed E-state index contributed by atoms with van der Waals surface area (Å²) in [6.07, 6.45) is 3.42. The average molecular weight is 278 g/mol. The molecule has 0 saturated heterocycles. The lowest BCUT2D eigenvalue weighted by Gasteiger charge is -2.11. The fourth-order valence-corrected chi connectivity index (χ4v) is 1.99. The Morgan fingerprint density at radius 3 is 2.26 bits per heavy atom. The van der Waals surface area contributed by atoms with E-state index in [4.69, 9.17) is 11.6 Å². The van der Waals surface area contributed by atoms with Gasteiger partial charge in [0.25, 0.3) is 11.8 Å². The molecule has 1 aromatic carbocycles. The number of imide groups is 1. The number of fused-ring (bicyclic) bond motifs is 1. The minimum atomic E-state index is -0.280. The van der Waals surface area contributed by atoms with Crippen LogP contribution in [-0.4, -0.2) is 34.9 Å². The predicted octanol–water partition coefficient (Wildman–Crippen LogP) is 2.04. The number of carbonyl (C=O) groups excluding carboxylic acids is 3. The molecule has 0 unspecified atom stereocenters. The van der Waals surface area contributed by atoms with Gasteiger partial charge in [0.2, 0.25) is 0 Å². The Kier molecular flexibility index (Phi) is 4.12. The summed E-state index contributed by atoms with van der Waals surface area (Å²) in [4.78, 5) is 36.1. The second-order valence-corrected chi connectivity index (χ2v) is 4.37. The number of alkyl halides is 1. The largest absolute Gasteiger partial charge is 0.294 e. The van der Waals surface area contributed by atoms with Crippen LogP contribution in [0.2, 0.25) is 0 Å². The maximum Gasteiger partial charge on any atom is 0.261 e. The van der Waals surface area contributed by atoms with E-state index >= 15 is 0 Å². The highest BCUT2D eigenvalue weighted by Gasteiger charge is 2.34. The zero-order chi connectivity index (χ0) is 13.8. The Labute approximate surface area is 115 Å². The fourth-order valence-electron chi connectivity index (χ4n) is 1.91. The molecule has 2 rings (SSSR count).